The maximum absolute atomic E-state index is 4.76. The molecule has 2 rings (SSSR count). The number of halogens is 2. The second-order valence-corrected chi connectivity index (χ2v) is 6.08. The summed E-state index contributed by atoms with van der Waals surface area (Å²) in [5, 5.41) is 0.194. The second-order valence-electron chi connectivity index (χ2n) is 2.87. The summed E-state index contributed by atoms with van der Waals surface area (Å²) in [7, 11) is 0. The van der Waals surface area contributed by atoms with Gasteiger partial charge in [0.05, 0.1) is 5.34 Å². The fourth-order valence-electron chi connectivity index (χ4n) is 1.29. The number of alkyl halides is 2. The monoisotopic (exact) mass is 262 g/mol. The molecule has 0 fully saturated rings. The molecule has 0 atom stereocenters. The van der Waals surface area contributed by atoms with Crippen LogP contribution in [-0.4, -0.2) is 5.34 Å². The van der Waals surface area contributed by atoms with E-state index in [1.807, 2.05) is 0 Å². The molecule has 0 saturated heterocycles. The number of rotatable bonds is 2. The van der Waals surface area contributed by atoms with Gasteiger partial charge in [0.25, 0.3) is 0 Å². The largest absolute Gasteiger partial charge is 0.109 e. The molecule has 0 heterocycles. The quantitative estimate of drug-likeness (QED) is 0.518. The maximum atomic E-state index is 4.76. The molecule has 0 saturated carbocycles. The molecular weight excluding hydrogens is 251 g/mol. The van der Waals surface area contributed by atoms with Crippen molar-refractivity contribution in [3.05, 3.63) is 44.2 Å². The SMILES string of the molecule is C1=CC[C]([Ti][C]2=CC=CC2)=C1.ClCCl. The minimum Gasteiger partial charge on any atom is -0.109 e. The van der Waals surface area contributed by atoms with E-state index in [2.05, 4.69) is 36.5 Å². The smallest absolute Gasteiger partial charge is 0.0967 e. The Morgan fingerprint density at radius 3 is 1.71 bits per heavy atom. The van der Waals surface area contributed by atoms with Crippen LogP contribution in [-0.2, 0) is 19.2 Å². The maximum Gasteiger partial charge on any atom is 0.0967 e. The Labute approximate surface area is 104 Å². The van der Waals surface area contributed by atoms with Crippen LogP contribution in [0.15, 0.2) is 44.2 Å². The molecule has 0 amide bonds. The number of hydrogen-bond acceptors (Lipinski definition) is 0. The zero-order chi connectivity index (χ0) is 10.2. The molecule has 0 spiro atoms. The molecule has 0 N–H and O–H groups in total. The summed E-state index contributed by atoms with van der Waals surface area (Å²) in [6, 6.07) is 0. The van der Waals surface area contributed by atoms with E-state index in [9.17, 15) is 0 Å². The van der Waals surface area contributed by atoms with Crippen molar-refractivity contribution in [2.45, 2.75) is 12.8 Å². The Hall–Kier alpha value is 0.254. The van der Waals surface area contributed by atoms with Gasteiger partial charge in [-0.25, -0.2) is 0 Å². The molecule has 14 heavy (non-hydrogen) atoms. The van der Waals surface area contributed by atoms with Crippen LogP contribution in [0.2, 0.25) is 0 Å². The first kappa shape index (κ1) is 12.3. The third-order valence-electron chi connectivity index (χ3n) is 1.86. The van der Waals surface area contributed by atoms with E-state index in [1.165, 1.54) is 12.8 Å². The predicted molar refractivity (Wildman–Crippen MR) is 60.3 cm³/mol. The molecule has 0 aliphatic heterocycles. The third-order valence-corrected chi connectivity index (χ3v) is 4.02. The van der Waals surface area contributed by atoms with Gasteiger partial charge >= 0.3 is 76.2 Å². The minimum absolute atomic E-state index is 0.0833. The van der Waals surface area contributed by atoms with Gasteiger partial charge in [-0.1, -0.05) is 0 Å². The van der Waals surface area contributed by atoms with E-state index in [4.69, 9.17) is 23.2 Å². The second kappa shape index (κ2) is 7.53. The standard InChI is InChI=1S/2C5H5.CH2Cl2.Ti/c2*1-2-4-5-3-1;2-1-3;/h2*1-3H,4H2;1H2;. The van der Waals surface area contributed by atoms with E-state index in [0.717, 1.165) is 0 Å². The molecule has 0 bridgehead atoms. The summed E-state index contributed by atoms with van der Waals surface area (Å²) in [6.07, 6.45) is 15.9. The first-order valence-electron chi connectivity index (χ1n) is 4.47. The van der Waals surface area contributed by atoms with Gasteiger partial charge in [-0.05, 0) is 0 Å². The summed E-state index contributed by atoms with van der Waals surface area (Å²) in [5.41, 5.74) is 0. The van der Waals surface area contributed by atoms with Crippen LogP contribution in [0.5, 0.6) is 0 Å². The van der Waals surface area contributed by atoms with E-state index >= 15 is 0 Å². The van der Waals surface area contributed by atoms with Crippen molar-refractivity contribution >= 4 is 23.2 Å². The minimum atomic E-state index is 0.0833. The van der Waals surface area contributed by atoms with Crippen molar-refractivity contribution in [1.29, 1.82) is 0 Å². The van der Waals surface area contributed by atoms with Crippen molar-refractivity contribution < 1.29 is 19.2 Å². The van der Waals surface area contributed by atoms with Crippen molar-refractivity contribution in [2.75, 3.05) is 5.34 Å². The Kier molecular flexibility index (Phi) is 6.63. The Morgan fingerprint density at radius 2 is 1.43 bits per heavy atom. The van der Waals surface area contributed by atoms with Crippen molar-refractivity contribution in [1.82, 2.24) is 0 Å². The van der Waals surface area contributed by atoms with Crippen molar-refractivity contribution in [3.8, 4) is 0 Å². The molecule has 0 radical (unpaired) electrons. The van der Waals surface area contributed by atoms with Crippen LogP contribution in [0.25, 0.3) is 0 Å². The average Bonchev–Trinajstić information content (AvgIpc) is 2.79. The van der Waals surface area contributed by atoms with Crippen LogP contribution in [0.4, 0.5) is 0 Å². The van der Waals surface area contributed by atoms with Gasteiger partial charge in [0, 0.05) is 0 Å². The third kappa shape index (κ3) is 4.66. The fraction of sp³-hybridized carbons (Fsp3) is 0.273. The number of allylic oxidation sites excluding steroid dienone is 8. The predicted octanol–water partition coefficient (Wildman–Crippen LogP) is 4.18. The van der Waals surface area contributed by atoms with Crippen LogP contribution in [0.3, 0.4) is 0 Å². The van der Waals surface area contributed by atoms with Gasteiger partial charge in [-0.3, -0.25) is 0 Å². The Morgan fingerprint density at radius 1 is 1.00 bits per heavy atom. The van der Waals surface area contributed by atoms with Crippen molar-refractivity contribution in [3.63, 3.8) is 0 Å². The van der Waals surface area contributed by atoms with E-state index in [-0.39, 0.29) is 24.5 Å². The van der Waals surface area contributed by atoms with Gasteiger partial charge in [0.1, 0.15) is 0 Å². The average molecular weight is 263 g/mol. The molecule has 0 aromatic carbocycles. The normalized spacial score (nSPS) is 17.3. The Balaban J connectivity index is 0.000000293. The molecule has 0 nitrogen and oxygen atoms in total. The molecule has 3 heteroatoms. The van der Waals surface area contributed by atoms with Crippen LogP contribution >= 0.6 is 23.2 Å². The van der Waals surface area contributed by atoms with E-state index in [1.54, 1.807) is 7.76 Å². The summed E-state index contributed by atoms with van der Waals surface area (Å²) in [4.78, 5) is 0. The van der Waals surface area contributed by atoms with Gasteiger partial charge in [-0.15, -0.1) is 23.2 Å². The Bertz CT molecular complexity index is 260. The zero-order valence-electron chi connectivity index (χ0n) is 7.84. The van der Waals surface area contributed by atoms with E-state index < -0.39 is 0 Å². The summed E-state index contributed by atoms with van der Waals surface area (Å²) >= 11 is 9.61. The van der Waals surface area contributed by atoms with E-state index in [0.29, 0.717) is 0 Å². The first-order valence-corrected chi connectivity index (χ1v) is 7.10. The van der Waals surface area contributed by atoms with Gasteiger partial charge in [-0.2, -0.15) is 0 Å². The van der Waals surface area contributed by atoms with Gasteiger partial charge < -0.3 is 0 Å². The van der Waals surface area contributed by atoms with Crippen molar-refractivity contribution in [2.24, 2.45) is 0 Å². The zero-order valence-corrected chi connectivity index (χ0v) is 10.9. The summed E-state index contributed by atoms with van der Waals surface area (Å²) < 4.78 is 3.36. The van der Waals surface area contributed by atoms with Gasteiger partial charge in [0.15, 0.2) is 0 Å². The molecule has 0 aromatic rings. The molecule has 2 aliphatic rings. The topological polar surface area (TPSA) is 0 Å². The van der Waals surface area contributed by atoms with Crippen LogP contribution in [0, 0.1) is 0 Å². The molecule has 2 aliphatic carbocycles. The molecule has 0 aromatic heterocycles. The number of hydrogen-bond donors (Lipinski definition) is 0. The molecule has 74 valence electrons. The van der Waals surface area contributed by atoms with Crippen LogP contribution in [0.1, 0.15) is 12.8 Å². The molecule has 0 unspecified atom stereocenters. The summed E-state index contributed by atoms with van der Waals surface area (Å²) in [6.45, 7) is 0. The van der Waals surface area contributed by atoms with Gasteiger partial charge in [0.2, 0.25) is 0 Å². The van der Waals surface area contributed by atoms with Crippen LogP contribution < -0.4 is 0 Å². The summed E-state index contributed by atoms with van der Waals surface area (Å²) in [5.74, 6) is 0. The first-order chi connectivity index (χ1) is 6.86. The fourth-order valence-corrected chi connectivity index (χ4v) is 3.18. The molecular formula is C11H12Cl2Ti.